The van der Waals surface area contributed by atoms with Crippen LogP contribution in [-0.2, 0) is 14.3 Å². The van der Waals surface area contributed by atoms with Crippen LogP contribution in [0.5, 0.6) is 11.5 Å². The molecule has 0 fully saturated rings. The Hall–Kier alpha value is -4.35. The Morgan fingerprint density at radius 1 is 0.950 bits per heavy atom. The predicted molar refractivity (Wildman–Crippen MR) is 150 cm³/mol. The maximum Gasteiger partial charge on any atom is 0.278 e. The lowest BCUT2D eigenvalue weighted by Crippen LogP contribution is -2.33. The van der Waals surface area contributed by atoms with E-state index in [0.717, 1.165) is 11.8 Å². The highest BCUT2D eigenvalue weighted by atomic mass is 32.2. The van der Waals surface area contributed by atoms with Gasteiger partial charge in [0.15, 0.2) is 0 Å². The predicted octanol–water partition coefficient (Wildman–Crippen LogP) is 4.92. The Balaban J connectivity index is 1.62. The van der Waals surface area contributed by atoms with Crippen molar-refractivity contribution in [3.05, 3.63) is 88.7 Å². The zero-order valence-electron chi connectivity index (χ0n) is 22.2. The van der Waals surface area contributed by atoms with E-state index in [9.17, 15) is 18.8 Å². The third-order valence-corrected chi connectivity index (χ3v) is 7.01. The molecule has 0 radical (unpaired) electrons. The quantitative estimate of drug-likeness (QED) is 0.236. The molecule has 2 N–H and O–H groups in total. The molecular formula is C29H28FN3O6S. The van der Waals surface area contributed by atoms with E-state index < -0.39 is 23.5 Å². The molecule has 4 rings (SSSR count). The van der Waals surface area contributed by atoms with Gasteiger partial charge in [-0.05, 0) is 61.0 Å². The van der Waals surface area contributed by atoms with E-state index in [1.165, 1.54) is 43.4 Å². The highest BCUT2D eigenvalue weighted by Crippen LogP contribution is 2.38. The summed E-state index contributed by atoms with van der Waals surface area (Å²) in [5.41, 5.74) is 1.36. The Kier molecular flexibility index (Phi) is 9.41. The van der Waals surface area contributed by atoms with Crippen molar-refractivity contribution in [3.63, 3.8) is 0 Å². The summed E-state index contributed by atoms with van der Waals surface area (Å²) in [6.45, 7) is 0.582. The third kappa shape index (κ3) is 6.61. The molecule has 0 bridgehead atoms. The smallest absolute Gasteiger partial charge is 0.278 e. The van der Waals surface area contributed by atoms with Crippen molar-refractivity contribution in [2.75, 3.05) is 45.1 Å². The Morgan fingerprint density at radius 3 is 2.42 bits per heavy atom. The lowest BCUT2D eigenvalue weighted by atomic mass is 10.2. The van der Waals surface area contributed by atoms with Gasteiger partial charge in [0.2, 0.25) is 0 Å². The minimum absolute atomic E-state index is 0.108. The van der Waals surface area contributed by atoms with E-state index in [1.54, 1.807) is 49.6 Å². The summed E-state index contributed by atoms with van der Waals surface area (Å²) in [5.74, 6) is -0.761. The second-order valence-electron chi connectivity index (χ2n) is 8.59. The zero-order chi connectivity index (χ0) is 28.6. The Bertz CT molecular complexity index is 1440. The molecule has 0 atom stereocenters. The summed E-state index contributed by atoms with van der Waals surface area (Å²) in [6, 6.07) is 17.1. The molecule has 0 unspecified atom stereocenters. The molecule has 1 aliphatic rings. The molecule has 0 spiro atoms. The second-order valence-corrected chi connectivity index (χ2v) is 9.68. The third-order valence-electron chi connectivity index (χ3n) is 5.94. The lowest BCUT2D eigenvalue weighted by molar-refractivity contribution is -0.137. The van der Waals surface area contributed by atoms with Gasteiger partial charge >= 0.3 is 0 Å². The zero-order valence-corrected chi connectivity index (χ0v) is 23.0. The number of amides is 3. The van der Waals surface area contributed by atoms with Gasteiger partial charge in [-0.15, -0.1) is 0 Å². The summed E-state index contributed by atoms with van der Waals surface area (Å²) in [6.07, 6.45) is 0.482. The Labute approximate surface area is 235 Å². The monoisotopic (exact) mass is 565 g/mol. The number of carbonyl (C=O) groups is 3. The van der Waals surface area contributed by atoms with E-state index >= 15 is 0 Å². The number of imide groups is 1. The molecule has 0 aliphatic carbocycles. The molecule has 0 saturated heterocycles. The molecule has 3 aromatic rings. The molecule has 3 aromatic carbocycles. The number of halogens is 1. The fourth-order valence-electron chi connectivity index (χ4n) is 3.93. The minimum atomic E-state index is -0.470. The standard InChI is InChI=1S/C29H28FN3O6S/c1-37-15-5-14-33-28(35)25(32-23-13-12-21(38-2)17-24(23)39-3)26(29(33)36)40-22-7-4-6-20(16-22)31-27(34)18-8-10-19(30)11-9-18/h4,6-13,16-17,32H,5,14-15H2,1-3H3,(H,31,34). The van der Waals surface area contributed by atoms with Gasteiger partial charge in [0.25, 0.3) is 17.7 Å². The lowest BCUT2D eigenvalue weighted by Gasteiger charge is -2.15. The molecule has 1 heterocycles. The first kappa shape index (κ1) is 28.7. The van der Waals surface area contributed by atoms with Gasteiger partial charge in [0, 0.05) is 42.5 Å². The molecular weight excluding hydrogens is 537 g/mol. The van der Waals surface area contributed by atoms with Crippen LogP contribution in [0.1, 0.15) is 16.8 Å². The number of rotatable bonds is 12. The summed E-state index contributed by atoms with van der Waals surface area (Å²) in [5, 5.41) is 5.86. The molecule has 0 aromatic heterocycles. The molecule has 208 valence electrons. The molecule has 40 heavy (non-hydrogen) atoms. The van der Waals surface area contributed by atoms with Crippen molar-refractivity contribution in [2.45, 2.75) is 11.3 Å². The Morgan fingerprint density at radius 2 is 1.73 bits per heavy atom. The largest absolute Gasteiger partial charge is 0.497 e. The number of nitrogens with one attached hydrogen (secondary N) is 2. The van der Waals surface area contributed by atoms with Crippen LogP contribution in [0.4, 0.5) is 15.8 Å². The average molecular weight is 566 g/mol. The topological polar surface area (TPSA) is 106 Å². The van der Waals surface area contributed by atoms with Gasteiger partial charge in [0.05, 0.1) is 19.9 Å². The fraction of sp³-hybridized carbons (Fsp3) is 0.207. The SMILES string of the molecule is COCCCN1C(=O)C(Nc2ccc(OC)cc2OC)=C(Sc2cccc(NC(=O)c3ccc(F)cc3)c2)C1=O. The summed E-state index contributed by atoms with van der Waals surface area (Å²) in [7, 11) is 4.58. The minimum Gasteiger partial charge on any atom is -0.497 e. The maximum absolute atomic E-state index is 13.4. The van der Waals surface area contributed by atoms with Crippen molar-refractivity contribution in [2.24, 2.45) is 0 Å². The van der Waals surface area contributed by atoms with Crippen LogP contribution in [0.25, 0.3) is 0 Å². The maximum atomic E-state index is 13.4. The van der Waals surface area contributed by atoms with Crippen LogP contribution in [0, 0.1) is 5.82 Å². The molecule has 1 aliphatic heterocycles. The van der Waals surface area contributed by atoms with E-state index in [2.05, 4.69) is 10.6 Å². The van der Waals surface area contributed by atoms with Crippen molar-refractivity contribution in [1.29, 1.82) is 0 Å². The molecule has 11 heteroatoms. The number of carbonyl (C=O) groups excluding carboxylic acids is 3. The van der Waals surface area contributed by atoms with Gasteiger partial charge in [-0.1, -0.05) is 17.8 Å². The van der Waals surface area contributed by atoms with Gasteiger partial charge < -0.3 is 24.8 Å². The number of methoxy groups -OCH3 is 3. The number of hydrogen-bond donors (Lipinski definition) is 2. The molecule has 0 saturated carbocycles. The van der Waals surface area contributed by atoms with E-state index in [4.69, 9.17) is 14.2 Å². The van der Waals surface area contributed by atoms with Crippen molar-refractivity contribution < 1.29 is 33.0 Å². The summed E-state index contributed by atoms with van der Waals surface area (Å²) in [4.78, 5) is 41.5. The van der Waals surface area contributed by atoms with Gasteiger partial charge in [0.1, 0.15) is 27.9 Å². The number of hydrogen-bond acceptors (Lipinski definition) is 8. The molecule has 9 nitrogen and oxygen atoms in total. The first-order chi connectivity index (χ1) is 19.3. The highest BCUT2D eigenvalue weighted by molar-refractivity contribution is 8.04. The van der Waals surface area contributed by atoms with Crippen LogP contribution in [0.2, 0.25) is 0 Å². The molecule has 3 amide bonds. The first-order valence-electron chi connectivity index (χ1n) is 12.3. The van der Waals surface area contributed by atoms with Crippen molar-refractivity contribution in [1.82, 2.24) is 4.90 Å². The fourth-order valence-corrected chi connectivity index (χ4v) is 4.93. The van der Waals surface area contributed by atoms with Crippen molar-refractivity contribution >= 4 is 40.9 Å². The van der Waals surface area contributed by atoms with Crippen molar-refractivity contribution in [3.8, 4) is 11.5 Å². The summed E-state index contributed by atoms with van der Waals surface area (Å²) >= 11 is 1.10. The van der Waals surface area contributed by atoms with Crippen LogP contribution in [0.3, 0.4) is 0 Å². The normalized spacial score (nSPS) is 13.1. The van der Waals surface area contributed by atoms with Gasteiger partial charge in [-0.2, -0.15) is 0 Å². The number of thioether (sulfide) groups is 1. The first-order valence-corrected chi connectivity index (χ1v) is 13.1. The summed E-state index contributed by atoms with van der Waals surface area (Å²) < 4.78 is 29.0. The van der Waals surface area contributed by atoms with Crippen LogP contribution in [0.15, 0.2) is 82.2 Å². The van der Waals surface area contributed by atoms with Gasteiger partial charge in [-0.3, -0.25) is 19.3 Å². The number of benzene rings is 3. The van der Waals surface area contributed by atoms with Crippen LogP contribution in [-0.4, -0.2) is 57.1 Å². The average Bonchev–Trinajstić information content (AvgIpc) is 3.17. The van der Waals surface area contributed by atoms with E-state index in [-0.39, 0.29) is 17.1 Å². The second kappa shape index (κ2) is 13.1. The highest BCUT2D eigenvalue weighted by Gasteiger charge is 2.39. The van der Waals surface area contributed by atoms with Crippen LogP contribution < -0.4 is 20.1 Å². The number of nitrogens with zero attached hydrogens (tertiary/aromatic N) is 1. The van der Waals surface area contributed by atoms with Crippen LogP contribution >= 0.6 is 11.8 Å². The number of anilines is 2. The number of ether oxygens (including phenoxy) is 3. The van der Waals surface area contributed by atoms with Gasteiger partial charge in [-0.25, -0.2) is 4.39 Å². The van der Waals surface area contributed by atoms with E-state index in [0.29, 0.717) is 46.4 Å². The van der Waals surface area contributed by atoms with E-state index in [1.807, 2.05) is 0 Å².